The van der Waals surface area contributed by atoms with Crippen LogP contribution in [-0.2, 0) is 9.59 Å². The second-order valence-corrected chi connectivity index (χ2v) is 7.25. The van der Waals surface area contributed by atoms with Gasteiger partial charge in [-0.3, -0.25) is 9.59 Å². The van der Waals surface area contributed by atoms with E-state index in [1.54, 1.807) is 4.90 Å². The van der Waals surface area contributed by atoms with Crippen LogP contribution in [0.25, 0.3) is 0 Å². The molecule has 1 fully saturated rings. The van der Waals surface area contributed by atoms with Gasteiger partial charge in [-0.05, 0) is 61.2 Å². The fourth-order valence-corrected chi connectivity index (χ4v) is 3.40. The molecule has 1 aliphatic rings. The van der Waals surface area contributed by atoms with E-state index >= 15 is 0 Å². The lowest BCUT2D eigenvalue weighted by molar-refractivity contribution is -0.122. The Balaban J connectivity index is 1.61. The SMILES string of the molecule is CCOc1ccc(N2C[C@H](C(=O)Nc3ccc([C@H](C)CC)cc3)CC2=O)cc1. The van der Waals surface area contributed by atoms with Crippen molar-refractivity contribution in [2.45, 2.75) is 39.5 Å². The number of anilines is 2. The molecule has 1 saturated heterocycles. The van der Waals surface area contributed by atoms with E-state index in [0.717, 1.165) is 23.5 Å². The Bertz CT molecular complexity index is 815. The van der Waals surface area contributed by atoms with Crippen molar-refractivity contribution in [1.82, 2.24) is 0 Å². The van der Waals surface area contributed by atoms with Crippen LogP contribution in [0.2, 0.25) is 0 Å². The first-order valence-corrected chi connectivity index (χ1v) is 9.95. The number of hydrogen-bond donors (Lipinski definition) is 1. The lowest BCUT2D eigenvalue weighted by atomic mass is 9.98. The maximum Gasteiger partial charge on any atom is 0.229 e. The Morgan fingerprint density at radius 3 is 2.43 bits per heavy atom. The molecule has 5 heteroatoms. The molecule has 2 amide bonds. The van der Waals surface area contributed by atoms with Crippen LogP contribution in [0.1, 0.15) is 45.1 Å². The molecule has 0 saturated carbocycles. The molecule has 1 aliphatic heterocycles. The average Bonchev–Trinajstić information content (AvgIpc) is 3.10. The molecule has 2 aromatic carbocycles. The minimum atomic E-state index is -0.353. The second-order valence-electron chi connectivity index (χ2n) is 7.25. The van der Waals surface area contributed by atoms with Gasteiger partial charge >= 0.3 is 0 Å². The Labute approximate surface area is 166 Å². The molecule has 3 rings (SSSR count). The Kier molecular flexibility index (Phi) is 6.34. The van der Waals surface area contributed by atoms with Crippen molar-refractivity contribution in [1.29, 1.82) is 0 Å². The highest BCUT2D eigenvalue weighted by Crippen LogP contribution is 2.28. The molecule has 5 nitrogen and oxygen atoms in total. The van der Waals surface area contributed by atoms with Crippen LogP contribution in [0.15, 0.2) is 48.5 Å². The standard InChI is InChI=1S/C23H28N2O3/c1-4-16(3)17-6-8-19(9-7-17)24-23(27)18-14-22(26)25(15-18)20-10-12-21(13-11-20)28-5-2/h6-13,16,18H,4-5,14-15H2,1-3H3,(H,24,27)/t16-,18-/m1/s1. The summed E-state index contributed by atoms with van der Waals surface area (Å²) >= 11 is 0. The number of carbonyl (C=O) groups is 2. The van der Waals surface area contributed by atoms with Gasteiger partial charge in [0.25, 0.3) is 0 Å². The Morgan fingerprint density at radius 1 is 1.14 bits per heavy atom. The predicted octanol–water partition coefficient (Wildman–Crippen LogP) is 4.59. The lowest BCUT2D eigenvalue weighted by Crippen LogP contribution is -2.28. The van der Waals surface area contributed by atoms with Crippen molar-refractivity contribution in [2.75, 3.05) is 23.4 Å². The first-order chi connectivity index (χ1) is 13.5. The normalized spacial score (nSPS) is 17.5. The monoisotopic (exact) mass is 380 g/mol. The highest BCUT2D eigenvalue weighted by molar-refractivity contribution is 6.03. The van der Waals surface area contributed by atoms with E-state index in [9.17, 15) is 9.59 Å². The van der Waals surface area contributed by atoms with E-state index in [-0.39, 0.29) is 24.2 Å². The molecule has 0 aliphatic carbocycles. The van der Waals surface area contributed by atoms with Gasteiger partial charge in [0.1, 0.15) is 5.75 Å². The van der Waals surface area contributed by atoms with Gasteiger partial charge in [0.2, 0.25) is 11.8 Å². The topological polar surface area (TPSA) is 58.6 Å². The fraction of sp³-hybridized carbons (Fsp3) is 0.391. The Hall–Kier alpha value is -2.82. The molecule has 0 radical (unpaired) electrons. The van der Waals surface area contributed by atoms with Crippen LogP contribution in [0, 0.1) is 5.92 Å². The molecule has 1 heterocycles. The summed E-state index contributed by atoms with van der Waals surface area (Å²) in [7, 11) is 0. The molecular weight excluding hydrogens is 352 g/mol. The average molecular weight is 380 g/mol. The molecule has 0 bridgehead atoms. The molecule has 2 aromatic rings. The van der Waals surface area contributed by atoms with Crippen molar-refractivity contribution in [3.05, 3.63) is 54.1 Å². The predicted molar refractivity (Wildman–Crippen MR) is 112 cm³/mol. The lowest BCUT2D eigenvalue weighted by Gasteiger charge is -2.17. The third-order valence-electron chi connectivity index (χ3n) is 5.31. The van der Waals surface area contributed by atoms with Crippen molar-refractivity contribution >= 4 is 23.2 Å². The van der Waals surface area contributed by atoms with E-state index in [1.165, 1.54) is 5.56 Å². The molecule has 0 aromatic heterocycles. The highest BCUT2D eigenvalue weighted by Gasteiger charge is 2.35. The number of hydrogen-bond acceptors (Lipinski definition) is 3. The molecule has 2 atom stereocenters. The third kappa shape index (κ3) is 4.53. The van der Waals surface area contributed by atoms with Gasteiger partial charge in [-0.25, -0.2) is 0 Å². The molecule has 148 valence electrons. The fourth-order valence-electron chi connectivity index (χ4n) is 3.40. The number of carbonyl (C=O) groups excluding carboxylic acids is 2. The number of ether oxygens (including phenoxy) is 1. The maximum atomic E-state index is 12.6. The molecule has 0 unspecified atom stereocenters. The summed E-state index contributed by atoms with van der Waals surface area (Å²) in [6, 6.07) is 15.4. The van der Waals surface area contributed by atoms with Crippen LogP contribution in [0.3, 0.4) is 0 Å². The zero-order chi connectivity index (χ0) is 20.1. The van der Waals surface area contributed by atoms with Gasteiger partial charge in [-0.1, -0.05) is 26.0 Å². The van der Waals surface area contributed by atoms with Crippen molar-refractivity contribution < 1.29 is 14.3 Å². The van der Waals surface area contributed by atoms with Gasteiger partial charge in [0.05, 0.1) is 12.5 Å². The van der Waals surface area contributed by atoms with Crippen molar-refractivity contribution in [3.63, 3.8) is 0 Å². The quantitative estimate of drug-likeness (QED) is 0.764. The highest BCUT2D eigenvalue weighted by atomic mass is 16.5. The number of nitrogens with zero attached hydrogens (tertiary/aromatic N) is 1. The van der Waals surface area contributed by atoms with Crippen LogP contribution in [0.4, 0.5) is 11.4 Å². The minimum Gasteiger partial charge on any atom is -0.494 e. The van der Waals surface area contributed by atoms with E-state index in [4.69, 9.17) is 4.74 Å². The van der Waals surface area contributed by atoms with Crippen LogP contribution in [-0.4, -0.2) is 25.0 Å². The summed E-state index contributed by atoms with van der Waals surface area (Å²) in [5, 5.41) is 2.95. The summed E-state index contributed by atoms with van der Waals surface area (Å²) in [4.78, 5) is 26.7. The van der Waals surface area contributed by atoms with Crippen LogP contribution >= 0.6 is 0 Å². The van der Waals surface area contributed by atoms with Gasteiger partial charge < -0.3 is 15.0 Å². The number of nitrogens with one attached hydrogen (secondary N) is 1. The zero-order valence-corrected chi connectivity index (χ0v) is 16.8. The smallest absolute Gasteiger partial charge is 0.229 e. The second kappa shape index (κ2) is 8.91. The van der Waals surface area contributed by atoms with Crippen molar-refractivity contribution in [2.24, 2.45) is 5.92 Å². The van der Waals surface area contributed by atoms with E-state index < -0.39 is 0 Å². The Morgan fingerprint density at radius 2 is 1.82 bits per heavy atom. The van der Waals surface area contributed by atoms with Gasteiger partial charge in [-0.2, -0.15) is 0 Å². The van der Waals surface area contributed by atoms with Gasteiger partial charge in [0, 0.05) is 24.3 Å². The number of benzene rings is 2. The summed E-state index contributed by atoms with van der Waals surface area (Å²) < 4.78 is 5.44. The van der Waals surface area contributed by atoms with Gasteiger partial charge in [0.15, 0.2) is 0 Å². The summed E-state index contributed by atoms with van der Waals surface area (Å²) in [6.07, 6.45) is 1.31. The summed E-state index contributed by atoms with van der Waals surface area (Å²) in [6.45, 7) is 7.27. The van der Waals surface area contributed by atoms with E-state index in [1.807, 2.05) is 43.3 Å². The third-order valence-corrected chi connectivity index (χ3v) is 5.31. The molecular formula is C23H28N2O3. The largest absolute Gasteiger partial charge is 0.494 e. The first kappa shape index (κ1) is 19.9. The molecule has 0 spiro atoms. The summed E-state index contributed by atoms with van der Waals surface area (Å²) in [5.41, 5.74) is 2.82. The van der Waals surface area contributed by atoms with Crippen molar-refractivity contribution in [3.8, 4) is 5.75 Å². The van der Waals surface area contributed by atoms with E-state index in [0.29, 0.717) is 19.1 Å². The van der Waals surface area contributed by atoms with Gasteiger partial charge in [-0.15, -0.1) is 0 Å². The van der Waals surface area contributed by atoms with E-state index in [2.05, 4.69) is 31.3 Å². The molecule has 1 N–H and O–H groups in total. The van der Waals surface area contributed by atoms with Crippen LogP contribution in [0.5, 0.6) is 5.75 Å². The first-order valence-electron chi connectivity index (χ1n) is 9.95. The molecule has 28 heavy (non-hydrogen) atoms. The number of amides is 2. The minimum absolute atomic E-state index is 0.0311. The van der Waals surface area contributed by atoms with Crippen LogP contribution < -0.4 is 15.0 Å². The maximum absolute atomic E-state index is 12.6. The zero-order valence-electron chi connectivity index (χ0n) is 16.8. The summed E-state index contributed by atoms with van der Waals surface area (Å²) in [5.74, 6) is 0.774. The number of rotatable bonds is 7.